The highest BCUT2D eigenvalue weighted by atomic mass is 16.5. The number of hydrogen-bond donors (Lipinski definition) is 0. The van der Waals surface area contributed by atoms with Gasteiger partial charge in [0.25, 0.3) is 0 Å². The van der Waals surface area contributed by atoms with Crippen molar-refractivity contribution in [1.29, 1.82) is 5.26 Å². The van der Waals surface area contributed by atoms with Gasteiger partial charge in [0.1, 0.15) is 5.75 Å². The molecular formula is C17H22N2O. The molecule has 3 rings (SSSR count). The standard InChI is InChI=1S/C17H22N2O/c18-13-14-5-7-16(8-6-14)20-12-2-10-19-11-9-15-3-1-4-17(15)19/h5-8,15,17H,1-4,9-12H2/t15-,17-/m0/s1. The highest BCUT2D eigenvalue weighted by Crippen LogP contribution is 2.37. The van der Waals surface area contributed by atoms with Crippen LogP contribution in [0.5, 0.6) is 5.75 Å². The van der Waals surface area contributed by atoms with Crippen LogP contribution in [0.4, 0.5) is 0 Å². The van der Waals surface area contributed by atoms with Crippen LogP contribution in [-0.4, -0.2) is 30.6 Å². The largest absolute Gasteiger partial charge is 0.494 e. The zero-order chi connectivity index (χ0) is 13.8. The Morgan fingerprint density at radius 1 is 1.20 bits per heavy atom. The van der Waals surface area contributed by atoms with Crippen LogP contribution in [0.3, 0.4) is 0 Å². The molecule has 2 atom stereocenters. The van der Waals surface area contributed by atoms with E-state index in [-0.39, 0.29) is 0 Å². The molecule has 1 saturated carbocycles. The molecular weight excluding hydrogens is 248 g/mol. The summed E-state index contributed by atoms with van der Waals surface area (Å²) in [6.45, 7) is 3.21. The first kappa shape index (κ1) is 13.5. The topological polar surface area (TPSA) is 36.3 Å². The summed E-state index contributed by atoms with van der Waals surface area (Å²) in [6, 6.07) is 10.3. The van der Waals surface area contributed by atoms with Crippen molar-refractivity contribution in [3.63, 3.8) is 0 Å². The average Bonchev–Trinajstić information content (AvgIpc) is 3.08. The molecule has 1 saturated heterocycles. The van der Waals surface area contributed by atoms with E-state index >= 15 is 0 Å². The van der Waals surface area contributed by atoms with Gasteiger partial charge in [-0.05, 0) is 62.4 Å². The molecule has 1 aliphatic heterocycles. The number of benzene rings is 1. The van der Waals surface area contributed by atoms with Gasteiger partial charge in [0.05, 0.1) is 18.2 Å². The van der Waals surface area contributed by atoms with Crippen molar-refractivity contribution in [2.45, 2.75) is 38.1 Å². The van der Waals surface area contributed by atoms with Crippen LogP contribution in [0.2, 0.25) is 0 Å². The highest BCUT2D eigenvalue weighted by molar-refractivity contribution is 5.34. The molecule has 3 nitrogen and oxygen atoms in total. The lowest BCUT2D eigenvalue weighted by Crippen LogP contribution is -2.31. The van der Waals surface area contributed by atoms with E-state index in [0.29, 0.717) is 5.56 Å². The third kappa shape index (κ3) is 2.96. The van der Waals surface area contributed by atoms with E-state index in [1.807, 2.05) is 12.1 Å². The fraction of sp³-hybridized carbons (Fsp3) is 0.588. The van der Waals surface area contributed by atoms with E-state index in [4.69, 9.17) is 10.00 Å². The van der Waals surface area contributed by atoms with Crippen LogP contribution in [-0.2, 0) is 0 Å². The Morgan fingerprint density at radius 3 is 2.85 bits per heavy atom. The van der Waals surface area contributed by atoms with Gasteiger partial charge in [-0.25, -0.2) is 0 Å². The molecule has 1 aromatic rings. The molecule has 20 heavy (non-hydrogen) atoms. The number of hydrogen-bond acceptors (Lipinski definition) is 3. The molecule has 0 N–H and O–H groups in total. The van der Waals surface area contributed by atoms with Gasteiger partial charge in [0.2, 0.25) is 0 Å². The van der Waals surface area contributed by atoms with Crippen molar-refractivity contribution in [3.8, 4) is 11.8 Å². The van der Waals surface area contributed by atoms with E-state index < -0.39 is 0 Å². The van der Waals surface area contributed by atoms with Crippen molar-refractivity contribution < 1.29 is 4.74 Å². The molecule has 1 heterocycles. The van der Waals surface area contributed by atoms with Crippen molar-refractivity contribution >= 4 is 0 Å². The van der Waals surface area contributed by atoms with E-state index in [9.17, 15) is 0 Å². The Morgan fingerprint density at radius 2 is 2.05 bits per heavy atom. The quantitative estimate of drug-likeness (QED) is 0.771. The summed E-state index contributed by atoms with van der Waals surface area (Å²) in [5, 5.41) is 8.74. The first-order valence-electron chi connectivity index (χ1n) is 7.74. The fourth-order valence-corrected chi connectivity index (χ4v) is 3.69. The lowest BCUT2D eigenvalue weighted by atomic mass is 10.0. The number of rotatable bonds is 5. The summed E-state index contributed by atoms with van der Waals surface area (Å²) in [6.07, 6.45) is 6.77. The molecule has 2 aliphatic rings. The van der Waals surface area contributed by atoms with E-state index in [2.05, 4.69) is 11.0 Å². The number of likely N-dealkylation sites (tertiary alicyclic amines) is 1. The molecule has 0 amide bonds. The second-order valence-electron chi connectivity index (χ2n) is 5.92. The Hall–Kier alpha value is -1.53. The molecule has 2 fully saturated rings. The van der Waals surface area contributed by atoms with Crippen LogP contribution in [0.15, 0.2) is 24.3 Å². The van der Waals surface area contributed by atoms with E-state index in [1.165, 1.54) is 32.2 Å². The normalized spacial score (nSPS) is 25.4. The van der Waals surface area contributed by atoms with Gasteiger partial charge < -0.3 is 4.74 Å². The Labute approximate surface area is 121 Å². The van der Waals surface area contributed by atoms with Gasteiger partial charge in [-0.2, -0.15) is 5.26 Å². The molecule has 0 radical (unpaired) electrons. The van der Waals surface area contributed by atoms with Gasteiger partial charge in [-0.15, -0.1) is 0 Å². The second-order valence-corrected chi connectivity index (χ2v) is 5.92. The van der Waals surface area contributed by atoms with Gasteiger partial charge in [0.15, 0.2) is 0 Å². The third-order valence-corrected chi connectivity index (χ3v) is 4.72. The predicted octanol–water partition coefficient (Wildman–Crippen LogP) is 3.20. The Bertz CT molecular complexity index is 477. The van der Waals surface area contributed by atoms with Crippen molar-refractivity contribution in [2.75, 3.05) is 19.7 Å². The van der Waals surface area contributed by atoms with Gasteiger partial charge >= 0.3 is 0 Å². The van der Waals surface area contributed by atoms with Crippen LogP contribution in [0, 0.1) is 17.2 Å². The lowest BCUT2D eigenvalue weighted by Gasteiger charge is -2.23. The monoisotopic (exact) mass is 270 g/mol. The maximum absolute atomic E-state index is 8.74. The Kier molecular flexibility index (Phi) is 4.22. The molecule has 0 spiro atoms. The zero-order valence-corrected chi connectivity index (χ0v) is 11.9. The molecule has 0 unspecified atom stereocenters. The van der Waals surface area contributed by atoms with E-state index in [1.54, 1.807) is 12.1 Å². The smallest absolute Gasteiger partial charge is 0.119 e. The molecule has 1 aromatic carbocycles. The second kappa shape index (κ2) is 6.28. The number of ether oxygens (including phenoxy) is 1. The summed E-state index contributed by atoms with van der Waals surface area (Å²) >= 11 is 0. The zero-order valence-electron chi connectivity index (χ0n) is 11.9. The summed E-state index contributed by atoms with van der Waals surface area (Å²) < 4.78 is 5.74. The first-order valence-corrected chi connectivity index (χ1v) is 7.74. The highest BCUT2D eigenvalue weighted by Gasteiger charge is 2.36. The fourth-order valence-electron chi connectivity index (χ4n) is 3.69. The van der Waals surface area contributed by atoms with Crippen LogP contribution < -0.4 is 4.74 Å². The number of fused-ring (bicyclic) bond motifs is 1. The van der Waals surface area contributed by atoms with Crippen molar-refractivity contribution in [1.82, 2.24) is 4.90 Å². The van der Waals surface area contributed by atoms with Crippen molar-refractivity contribution in [2.24, 2.45) is 5.92 Å². The summed E-state index contributed by atoms with van der Waals surface area (Å²) in [5.41, 5.74) is 0.682. The molecule has 106 valence electrons. The molecule has 0 bridgehead atoms. The molecule has 3 heteroatoms. The van der Waals surface area contributed by atoms with Gasteiger partial charge in [-0.3, -0.25) is 4.90 Å². The lowest BCUT2D eigenvalue weighted by molar-refractivity contribution is 0.213. The minimum Gasteiger partial charge on any atom is -0.494 e. The predicted molar refractivity (Wildman–Crippen MR) is 78.6 cm³/mol. The van der Waals surface area contributed by atoms with Crippen LogP contribution in [0.1, 0.15) is 37.7 Å². The number of nitriles is 1. The Balaban J connectivity index is 1.39. The third-order valence-electron chi connectivity index (χ3n) is 4.72. The summed E-state index contributed by atoms with van der Waals surface area (Å²) in [5.74, 6) is 1.85. The van der Waals surface area contributed by atoms with Gasteiger partial charge in [-0.1, -0.05) is 6.42 Å². The van der Waals surface area contributed by atoms with Gasteiger partial charge in [0, 0.05) is 12.6 Å². The number of nitrogens with zero attached hydrogens (tertiary/aromatic N) is 2. The first-order chi connectivity index (χ1) is 9.86. The summed E-state index contributed by atoms with van der Waals surface area (Å²) in [7, 11) is 0. The molecule has 1 aliphatic carbocycles. The van der Waals surface area contributed by atoms with Crippen LogP contribution >= 0.6 is 0 Å². The van der Waals surface area contributed by atoms with E-state index in [0.717, 1.165) is 37.3 Å². The SMILES string of the molecule is N#Cc1ccc(OCCCN2CC[C@@H]3CCC[C@@H]32)cc1. The maximum atomic E-state index is 8.74. The van der Waals surface area contributed by atoms with Crippen molar-refractivity contribution in [3.05, 3.63) is 29.8 Å². The minimum absolute atomic E-state index is 0.682. The van der Waals surface area contributed by atoms with Crippen LogP contribution in [0.25, 0.3) is 0 Å². The maximum Gasteiger partial charge on any atom is 0.119 e. The molecule has 0 aromatic heterocycles. The minimum atomic E-state index is 0.682. The average molecular weight is 270 g/mol. The summed E-state index contributed by atoms with van der Waals surface area (Å²) in [4.78, 5) is 2.67.